The topological polar surface area (TPSA) is 20.2 Å². The molecule has 0 aromatic carbocycles. The molecule has 0 aromatic heterocycles. The molecular formula is C6H12OSi. The fourth-order valence-corrected chi connectivity index (χ4v) is 0.914. The lowest BCUT2D eigenvalue weighted by atomic mass is 10.8. The highest BCUT2D eigenvalue weighted by molar-refractivity contribution is 6.76. The number of aliphatic hydroxyl groups excluding tert-OH is 1. The van der Waals surface area contributed by atoms with Crippen molar-refractivity contribution in [1.29, 1.82) is 0 Å². The Morgan fingerprint density at radius 3 is 2.00 bits per heavy atom. The van der Waals surface area contributed by atoms with E-state index in [0.29, 0.717) is 0 Å². The van der Waals surface area contributed by atoms with Crippen molar-refractivity contribution in [2.75, 3.05) is 0 Å². The SMILES string of the molecule is C[Si](C)(C)CC#CO. The van der Waals surface area contributed by atoms with Gasteiger partial charge in [0.25, 0.3) is 0 Å². The van der Waals surface area contributed by atoms with E-state index in [0.717, 1.165) is 6.04 Å². The normalized spacial score (nSPS) is 9.88. The third-order valence-corrected chi connectivity index (χ3v) is 1.94. The second kappa shape index (κ2) is 2.78. The maximum Gasteiger partial charge on any atom is 0.107 e. The van der Waals surface area contributed by atoms with E-state index in [1.807, 2.05) is 6.11 Å². The van der Waals surface area contributed by atoms with E-state index >= 15 is 0 Å². The van der Waals surface area contributed by atoms with E-state index in [1.165, 1.54) is 0 Å². The highest BCUT2D eigenvalue weighted by atomic mass is 28.3. The molecule has 0 atom stereocenters. The third-order valence-electron chi connectivity index (χ3n) is 0.698. The Balaban J connectivity index is 3.50. The van der Waals surface area contributed by atoms with Crippen LogP contribution in [-0.2, 0) is 0 Å². The van der Waals surface area contributed by atoms with Crippen LogP contribution in [0.2, 0.25) is 25.7 Å². The summed E-state index contributed by atoms with van der Waals surface area (Å²) >= 11 is 0. The summed E-state index contributed by atoms with van der Waals surface area (Å²) in [5.41, 5.74) is 0. The molecule has 0 unspecified atom stereocenters. The number of aliphatic hydroxyl groups is 1. The Bertz CT molecular complexity index is 113. The van der Waals surface area contributed by atoms with Crippen molar-refractivity contribution in [1.82, 2.24) is 0 Å². The van der Waals surface area contributed by atoms with E-state index in [-0.39, 0.29) is 0 Å². The Morgan fingerprint density at radius 2 is 1.88 bits per heavy atom. The second-order valence-corrected chi connectivity index (χ2v) is 8.50. The molecule has 0 saturated carbocycles. The molecule has 0 spiro atoms. The summed E-state index contributed by atoms with van der Waals surface area (Å²) in [4.78, 5) is 0. The van der Waals surface area contributed by atoms with E-state index in [9.17, 15) is 0 Å². The summed E-state index contributed by atoms with van der Waals surface area (Å²) in [6, 6.07) is 0.892. The van der Waals surface area contributed by atoms with Crippen LogP contribution in [0.25, 0.3) is 0 Å². The van der Waals surface area contributed by atoms with Gasteiger partial charge in [0.2, 0.25) is 0 Å². The summed E-state index contributed by atoms with van der Waals surface area (Å²) in [6.07, 6.45) is 1.91. The monoisotopic (exact) mass is 128 g/mol. The van der Waals surface area contributed by atoms with Crippen LogP contribution in [0.3, 0.4) is 0 Å². The Morgan fingerprint density at radius 1 is 1.38 bits per heavy atom. The predicted molar refractivity (Wildman–Crippen MR) is 37.9 cm³/mol. The van der Waals surface area contributed by atoms with Crippen molar-refractivity contribution in [3.63, 3.8) is 0 Å². The molecule has 1 nitrogen and oxygen atoms in total. The minimum Gasteiger partial charge on any atom is -0.462 e. The first-order chi connectivity index (χ1) is 3.56. The van der Waals surface area contributed by atoms with E-state index < -0.39 is 8.07 Å². The van der Waals surface area contributed by atoms with Crippen molar-refractivity contribution in [2.24, 2.45) is 0 Å². The third kappa shape index (κ3) is 5.58. The average molecular weight is 128 g/mol. The van der Waals surface area contributed by atoms with Gasteiger partial charge in [-0.15, -0.1) is 0 Å². The highest BCUT2D eigenvalue weighted by Crippen LogP contribution is 2.04. The molecule has 0 saturated heterocycles. The van der Waals surface area contributed by atoms with Crippen LogP contribution in [0, 0.1) is 12.0 Å². The lowest BCUT2D eigenvalue weighted by molar-refractivity contribution is 0.517. The maximum absolute atomic E-state index is 8.09. The van der Waals surface area contributed by atoms with Gasteiger partial charge in [-0.2, -0.15) is 0 Å². The van der Waals surface area contributed by atoms with Crippen molar-refractivity contribution in [3.8, 4) is 12.0 Å². The highest BCUT2D eigenvalue weighted by Gasteiger charge is 2.09. The van der Waals surface area contributed by atoms with Gasteiger partial charge >= 0.3 is 0 Å². The summed E-state index contributed by atoms with van der Waals surface area (Å²) in [7, 11) is -1.01. The number of hydrogen-bond donors (Lipinski definition) is 1. The first-order valence-corrected chi connectivity index (χ1v) is 6.39. The van der Waals surface area contributed by atoms with Crippen LogP contribution in [-0.4, -0.2) is 13.2 Å². The van der Waals surface area contributed by atoms with Gasteiger partial charge in [-0.05, 0) is 0 Å². The Kier molecular flexibility index (Phi) is 2.63. The molecule has 0 aliphatic rings. The second-order valence-electron chi connectivity index (χ2n) is 3.03. The smallest absolute Gasteiger partial charge is 0.107 e. The Labute approximate surface area is 51.7 Å². The lowest BCUT2D eigenvalue weighted by Crippen LogP contribution is -2.17. The van der Waals surface area contributed by atoms with Gasteiger partial charge in [-0.25, -0.2) is 0 Å². The minimum atomic E-state index is -1.01. The van der Waals surface area contributed by atoms with Crippen LogP contribution in [0.5, 0.6) is 0 Å². The molecule has 0 fully saturated rings. The lowest BCUT2D eigenvalue weighted by Gasteiger charge is -2.08. The van der Waals surface area contributed by atoms with E-state index in [1.54, 1.807) is 0 Å². The van der Waals surface area contributed by atoms with Gasteiger partial charge in [0.1, 0.15) is 6.11 Å². The molecule has 0 bridgehead atoms. The van der Waals surface area contributed by atoms with Crippen LogP contribution in [0.15, 0.2) is 0 Å². The number of rotatable bonds is 1. The number of hydrogen-bond acceptors (Lipinski definition) is 1. The van der Waals surface area contributed by atoms with Gasteiger partial charge in [-0.3, -0.25) is 0 Å². The summed E-state index contributed by atoms with van der Waals surface area (Å²) in [5.74, 6) is 2.66. The van der Waals surface area contributed by atoms with Crippen LogP contribution < -0.4 is 0 Å². The summed E-state index contributed by atoms with van der Waals surface area (Å²) in [6.45, 7) is 6.66. The zero-order valence-electron chi connectivity index (χ0n) is 5.65. The zero-order valence-corrected chi connectivity index (χ0v) is 6.65. The molecule has 0 rings (SSSR count). The molecule has 0 aromatic rings. The van der Waals surface area contributed by atoms with Crippen molar-refractivity contribution >= 4 is 8.07 Å². The van der Waals surface area contributed by atoms with Crippen LogP contribution >= 0.6 is 0 Å². The minimum absolute atomic E-state index is 0.892. The average Bonchev–Trinajstić information content (AvgIpc) is 1.59. The first kappa shape index (κ1) is 7.58. The van der Waals surface area contributed by atoms with Gasteiger partial charge < -0.3 is 5.11 Å². The van der Waals surface area contributed by atoms with Gasteiger partial charge in [0.05, 0.1) is 8.07 Å². The standard InChI is InChI=1S/C6H12OSi/c1-8(2,3)6-4-5-7/h7H,6H2,1-3H3. The maximum atomic E-state index is 8.09. The zero-order chi connectivity index (χ0) is 6.62. The Hall–Kier alpha value is -0.423. The van der Waals surface area contributed by atoms with E-state index in [4.69, 9.17) is 5.11 Å². The van der Waals surface area contributed by atoms with Gasteiger partial charge in [0.15, 0.2) is 0 Å². The molecule has 0 aliphatic heterocycles. The molecule has 46 valence electrons. The summed E-state index contributed by atoms with van der Waals surface area (Å²) < 4.78 is 0. The molecule has 1 N–H and O–H groups in total. The summed E-state index contributed by atoms with van der Waals surface area (Å²) in [5, 5.41) is 8.09. The molecule has 2 heteroatoms. The molecular weight excluding hydrogens is 116 g/mol. The van der Waals surface area contributed by atoms with Gasteiger partial charge in [-0.1, -0.05) is 25.6 Å². The quantitative estimate of drug-likeness (QED) is 0.420. The fourth-order valence-electron chi connectivity index (χ4n) is 0.305. The van der Waals surface area contributed by atoms with Gasteiger partial charge in [0, 0.05) is 6.04 Å². The van der Waals surface area contributed by atoms with Crippen LogP contribution in [0.4, 0.5) is 0 Å². The van der Waals surface area contributed by atoms with Crippen molar-refractivity contribution in [3.05, 3.63) is 0 Å². The molecule has 0 radical (unpaired) electrons. The molecule has 0 heterocycles. The molecule has 8 heavy (non-hydrogen) atoms. The largest absolute Gasteiger partial charge is 0.462 e. The van der Waals surface area contributed by atoms with Crippen molar-refractivity contribution in [2.45, 2.75) is 25.7 Å². The predicted octanol–water partition coefficient (Wildman–Crippen LogP) is 1.66. The molecule has 0 amide bonds. The first-order valence-electron chi connectivity index (χ1n) is 2.68. The van der Waals surface area contributed by atoms with Crippen molar-refractivity contribution < 1.29 is 5.11 Å². The molecule has 0 aliphatic carbocycles. The van der Waals surface area contributed by atoms with Crippen LogP contribution in [0.1, 0.15) is 0 Å². The fraction of sp³-hybridized carbons (Fsp3) is 0.667. The van der Waals surface area contributed by atoms with E-state index in [2.05, 4.69) is 25.6 Å².